The maximum atomic E-state index is 14.7. The van der Waals surface area contributed by atoms with Crippen LogP contribution in [0.4, 0.5) is 15.9 Å². The van der Waals surface area contributed by atoms with Gasteiger partial charge in [-0.25, -0.2) is 9.37 Å². The summed E-state index contributed by atoms with van der Waals surface area (Å²) in [6, 6.07) is 7.60. The van der Waals surface area contributed by atoms with Crippen molar-refractivity contribution in [1.29, 1.82) is 0 Å². The van der Waals surface area contributed by atoms with Crippen molar-refractivity contribution in [2.45, 2.75) is 58.3 Å². The molecule has 1 unspecified atom stereocenters. The van der Waals surface area contributed by atoms with Gasteiger partial charge in [0.2, 0.25) is 5.91 Å². The Labute approximate surface area is 220 Å². The summed E-state index contributed by atoms with van der Waals surface area (Å²) in [7, 11) is 0. The summed E-state index contributed by atoms with van der Waals surface area (Å²) in [5.74, 6) is -0.754. The number of halogens is 1. The van der Waals surface area contributed by atoms with Crippen molar-refractivity contribution >= 4 is 23.3 Å². The Morgan fingerprint density at radius 1 is 1.21 bits per heavy atom. The van der Waals surface area contributed by atoms with Crippen molar-refractivity contribution in [1.82, 2.24) is 19.7 Å². The molecule has 1 aliphatic carbocycles. The summed E-state index contributed by atoms with van der Waals surface area (Å²) in [6.45, 7) is 4.80. The van der Waals surface area contributed by atoms with Crippen LogP contribution in [-0.2, 0) is 14.3 Å². The van der Waals surface area contributed by atoms with Crippen LogP contribution in [0.25, 0.3) is 11.5 Å². The zero-order valence-corrected chi connectivity index (χ0v) is 21.4. The second-order valence-corrected chi connectivity index (χ2v) is 9.81. The molecule has 1 aliphatic heterocycles. The Hall–Kier alpha value is -3.70. The highest BCUT2D eigenvalue weighted by molar-refractivity contribution is 6.05. The molecule has 2 fully saturated rings. The van der Waals surface area contributed by atoms with Crippen LogP contribution >= 0.6 is 0 Å². The minimum atomic E-state index is -0.684. The number of nitrogens with zero attached hydrogens (tertiary/aromatic N) is 4. The molecule has 11 heteroatoms. The standard InChI is InChI=1S/C27H31FN6O4/c1-16-12-20(28)19(13-22(16)31-26(35)18-9-10-18)27(36)32-23-7-5-6-21(30-23)25-33-29-15-34(25)17(2)14-38-24-8-3-4-11-37-24/h5-7,12-13,15,17-18,24H,3-4,8-11,14H2,1-2H3,(H,31,35)(H,30,32,36)/t17-,24?/m1/s1. The van der Waals surface area contributed by atoms with Crippen LogP contribution in [-0.4, -0.2) is 51.1 Å². The van der Waals surface area contributed by atoms with E-state index < -0.39 is 11.7 Å². The third-order valence-electron chi connectivity index (χ3n) is 6.69. The topological polar surface area (TPSA) is 120 Å². The SMILES string of the molecule is Cc1cc(F)c(C(=O)Nc2cccc(-c3nncn3[C@H](C)COC3CCCCO3)n2)cc1NC(=O)C1CC1. The molecule has 1 saturated heterocycles. The summed E-state index contributed by atoms with van der Waals surface area (Å²) in [4.78, 5) is 29.7. The summed E-state index contributed by atoms with van der Waals surface area (Å²) in [5.41, 5.74) is 1.26. The van der Waals surface area contributed by atoms with Crippen molar-refractivity contribution < 1.29 is 23.5 Å². The van der Waals surface area contributed by atoms with Gasteiger partial charge in [0, 0.05) is 18.2 Å². The Kier molecular flexibility index (Phi) is 7.75. The molecule has 2 aromatic heterocycles. The fourth-order valence-corrected chi connectivity index (χ4v) is 4.29. The first-order chi connectivity index (χ1) is 18.4. The predicted octanol–water partition coefficient (Wildman–Crippen LogP) is 4.49. The van der Waals surface area contributed by atoms with E-state index in [4.69, 9.17) is 9.47 Å². The number of aromatic nitrogens is 4. The quantitative estimate of drug-likeness (QED) is 0.425. The number of hydrogen-bond donors (Lipinski definition) is 2. The lowest BCUT2D eigenvalue weighted by atomic mass is 10.1. The molecule has 38 heavy (non-hydrogen) atoms. The molecule has 1 saturated carbocycles. The molecule has 2 atom stereocenters. The lowest BCUT2D eigenvalue weighted by Crippen LogP contribution is -2.25. The number of aryl methyl sites for hydroxylation is 1. The highest BCUT2D eigenvalue weighted by Gasteiger charge is 2.30. The Bertz CT molecular complexity index is 1320. The summed E-state index contributed by atoms with van der Waals surface area (Å²) < 4.78 is 28.1. The molecule has 1 aromatic carbocycles. The Morgan fingerprint density at radius 3 is 2.82 bits per heavy atom. The van der Waals surface area contributed by atoms with Crippen LogP contribution in [0.2, 0.25) is 0 Å². The number of carbonyl (C=O) groups is 2. The van der Waals surface area contributed by atoms with Gasteiger partial charge in [-0.15, -0.1) is 10.2 Å². The molecule has 3 heterocycles. The van der Waals surface area contributed by atoms with Crippen molar-refractivity contribution in [3.05, 3.63) is 53.6 Å². The molecule has 2 aliphatic rings. The highest BCUT2D eigenvalue weighted by Crippen LogP contribution is 2.31. The van der Waals surface area contributed by atoms with Crippen LogP contribution in [0.3, 0.4) is 0 Å². The number of anilines is 2. The van der Waals surface area contributed by atoms with Crippen LogP contribution in [0.15, 0.2) is 36.7 Å². The zero-order valence-electron chi connectivity index (χ0n) is 21.4. The van der Waals surface area contributed by atoms with Gasteiger partial charge in [-0.05, 0) is 75.8 Å². The van der Waals surface area contributed by atoms with Crippen molar-refractivity contribution in [3.8, 4) is 11.5 Å². The first kappa shape index (κ1) is 25.9. The van der Waals surface area contributed by atoms with Gasteiger partial charge in [-0.1, -0.05) is 6.07 Å². The summed E-state index contributed by atoms with van der Waals surface area (Å²) in [6.07, 6.45) is 6.11. The van der Waals surface area contributed by atoms with Gasteiger partial charge < -0.3 is 24.7 Å². The average Bonchev–Trinajstić information content (AvgIpc) is 3.65. The first-order valence-electron chi connectivity index (χ1n) is 12.9. The fraction of sp³-hybridized carbons (Fsp3) is 0.444. The van der Waals surface area contributed by atoms with E-state index in [-0.39, 0.29) is 35.5 Å². The van der Waals surface area contributed by atoms with Gasteiger partial charge in [0.15, 0.2) is 12.1 Å². The van der Waals surface area contributed by atoms with Crippen LogP contribution in [0, 0.1) is 18.7 Å². The van der Waals surface area contributed by atoms with Crippen LogP contribution in [0.5, 0.6) is 0 Å². The average molecular weight is 523 g/mol. The molecule has 0 radical (unpaired) electrons. The molecular formula is C27H31FN6O4. The van der Waals surface area contributed by atoms with E-state index in [2.05, 4.69) is 25.8 Å². The second kappa shape index (κ2) is 11.4. The molecule has 5 rings (SSSR count). The van der Waals surface area contributed by atoms with Gasteiger partial charge in [0.1, 0.15) is 23.7 Å². The number of ether oxygens (including phenoxy) is 2. The largest absolute Gasteiger partial charge is 0.353 e. The summed E-state index contributed by atoms with van der Waals surface area (Å²) in [5, 5.41) is 13.7. The third kappa shape index (κ3) is 6.05. The molecule has 3 aromatic rings. The maximum absolute atomic E-state index is 14.7. The van der Waals surface area contributed by atoms with Crippen molar-refractivity contribution in [3.63, 3.8) is 0 Å². The maximum Gasteiger partial charge on any atom is 0.259 e. The molecular weight excluding hydrogens is 491 g/mol. The Balaban J connectivity index is 1.28. The van der Waals surface area contributed by atoms with Crippen LogP contribution < -0.4 is 10.6 Å². The summed E-state index contributed by atoms with van der Waals surface area (Å²) >= 11 is 0. The van der Waals surface area contributed by atoms with E-state index in [1.165, 1.54) is 12.1 Å². The number of benzene rings is 1. The fourth-order valence-electron chi connectivity index (χ4n) is 4.29. The van der Waals surface area contributed by atoms with Crippen molar-refractivity contribution in [2.24, 2.45) is 5.92 Å². The lowest BCUT2D eigenvalue weighted by Gasteiger charge is -2.24. The van der Waals surface area contributed by atoms with Gasteiger partial charge >= 0.3 is 0 Å². The molecule has 0 spiro atoms. The van der Waals surface area contributed by atoms with Crippen molar-refractivity contribution in [2.75, 3.05) is 23.8 Å². The van der Waals surface area contributed by atoms with E-state index in [0.29, 0.717) is 36.0 Å². The molecule has 2 N–H and O–H groups in total. The molecule has 200 valence electrons. The Morgan fingerprint density at radius 2 is 2.05 bits per heavy atom. The minimum Gasteiger partial charge on any atom is -0.353 e. The zero-order chi connectivity index (χ0) is 26.6. The molecule has 2 amide bonds. The number of rotatable bonds is 9. The first-order valence-corrected chi connectivity index (χ1v) is 12.9. The van der Waals surface area contributed by atoms with E-state index in [9.17, 15) is 14.0 Å². The highest BCUT2D eigenvalue weighted by atomic mass is 19.1. The van der Waals surface area contributed by atoms with Gasteiger partial charge in [0.05, 0.1) is 18.2 Å². The molecule has 10 nitrogen and oxygen atoms in total. The van der Waals surface area contributed by atoms with Gasteiger partial charge in [-0.3, -0.25) is 9.59 Å². The van der Waals surface area contributed by atoms with Gasteiger partial charge in [-0.2, -0.15) is 0 Å². The third-order valence-corrected chi connectivity index (χ3v) is 6.69. The molecule has 0 bridgehead atoms. The van der Waals surface area contributed by atoms with Crippen LogP contribution in [0.1, 0.15) is 61.0 Å². The number of hydrogen-bond acceptors (Lipinski definition) is 7. The monoisotopic (exact) mass is 522 g/mol. The van der Waals surface area contributed by atoms with E-state index in [0.717, 1.165) is 32.1 Å². The minimum absolute atomic E-state index is 0.0133. The number of carbonyl (C=O) groups excluding carboxylic acids is 2. The van der Waals surface area contributed by atoms with E-state index in [1.54, 1.807) is 31.5 Å². The lowest BCUT2D eigenvalue weighted by molar-refractivity contribution is -0.167. The van der Waals surface area contributed by atoms with E-state index in [1.807, 2.05) is 11.5 Å². The number of nitrogens with one attached hydrogen (secondary N) is 2. The number of pyridine rings is 1. The van der Waals surface area contributed by atoms with Gasteiger partial charge in [0.25, 0.3) is 5.91 Å². The van der Waals surface area contributed by atoms with E-state index >= 15 is 0 Å². The smallest absolute Gasteiger partial charge is 0.259 e. The predicted molar refractivity (Wildman–Crippen MR) is 138 cm³/mol. The normalized spacial score (nSPS) is 18.1. The number of amides is 2. The second-order valence-electron chi connectivity index (χ2n) is 9.81.